The Bertz CT molecular complexity index is 1200. The Balaban J connectivity index is 1.92. The Kier molecular flexibility index (Phi) is 5.05. The van der Waals surface area contributed by atoms with Gasteiger partial charge in [0, 0.05) is 22.9 Å². The maximum Gasteiger partial charge on any atom is 0.168 e. The molecule has 0 bridgehead atoms. The zero-order valence-electron chi connectivity index (χ0n) is 15.4. The molecule has 0 aliphatic rings. The number of aliphatic imine (C=N–C) groups is 1. The van der Waals surface area contributed by atoms with E-state index in [1.165, 1.54) is 12.1 Å². The quantitative estimate of drug-likeness (QED) is 0.509. The van der Waals surface area contributed by atoms with Gasteiger partial charge in [0.05, 0.1) is 24.6 Å². The molecule has 0 unspecified atom stereocenters. The number of aliphatic hydroxyl groups excluding tert-OH is 1. The van der Waals surface area contributed by atoms with Crippen LogP contribution in [0, 0.1) is 11.6 Å². The van der Waals surface area contributed by atoms with Gasteiger partial charge in [0.2, 0.25) is 0 Å². The number of hydrogen-bond donors (Lipinski definition) is 2. The molecule has 0 saturated carbocycles. The first-order chi connectivity index (χ1) is 14.1. The van der Waals surface area contributed by atoms with E-state index in [-0.39, 0.29) is 24.4 Å². The molecule has 0 radical (unpaired) electrons. The number of aliphatic hydroxyl groups is 1. The number of nitrogens with zero attached hydrogens (tertiary/aromatic N) is 3. The standard InChI is InChI=1S/C22H18F2N4O/c23-17-8-4-7-16(19(17)24)20(26-11-12-29)15-9-10-18-27-22(25)21(28(18)13-15)14-5-2-1-3-6-14/h1-10,13,29H,11-12,25H2. The molecule has 4 aromatic rings. The number of pyridine rings is 1. The third kappa shape index (κ3) is 3.48. The second-order valence-electron chi connectivity index (χ2n) is 6.41. The van der Waals surface area contributed by atoms with Gasteiger partial charge in [-0.2, -0.15) is 0 Å². The highest BCUT2D eigenvalue weighted by molar-refractivity contribution is 6.13. The Morgan fingerprint density at radius 1 is 1.03 bits per heavy atom. The first-order valence-corrected chi connectivity index (χ1v) is 9.03. The molecular weight excluding hydrogens is 374 g/mol. The highest BCUT2D eigenvalue weighted by atomic mass is 19.2. The van der Waals surface area contributed by atoms with Crippen LogP contribution in [0.25, 0.3) is 16.9 Å². The first-order valence-electron chi connectivity index (χ1n) is 9.03. The van der Waals surface area contributed by atoms with Crippen LogP contribution in [0.2, 0.25) is 0 Å². The summed E-state index contributed by atoms with van der Waals surface area (Å²) < 4.78 is 30.1. The van der Waals surface area contributed by atoms with Crippen molar-refractivity contribution in [1.29, 1.82) is 0 Å². The summed E-state index contributed by atoms with van der Waals surface area (Å²) in [6.45, 7) is -0.156. The minimum absolute atomic E-state index is 0.0205. The average molecular weight is 392 g/mol. The van der Waals surface area contributed by atoms with Crippen LogP contribution >= 0.6 is 0 Å². The lowest BCUT2D eigenvalue weighted by atomic mass is 10.0. The summed E-state index contributed by atoms with van der Waals surface area (Å²) >= 11 is 0. The molecule has 0 amide bonds. The Morgan fingerprint density at radius 2 is 1.83 bits per heavy atom. The summed E-state index contributed by atoms with van der Waals surface area (Å²) in [6, 6.07) is 16.9. The average Bonchev–Trinajstić information content (AvgIpc) is 3.07. The number of imidazole rings is 1. The minimum atomic E-state index is -0.988. The molecule has 0 atom stereocenters. The fraction of sp³-hybridized carbons (Fsp3) is 0.0909. The monoisotopic (exact) mass is 392 g/mol. The van der Waals surface area contributed by atoms with Crippen molar-refractivity contribution < 1.29 is 13.9 Å². The zero-order chi connectivity index (χ0) is 20.4. The molecule has 3 N–H and O–H groups in total. The van der Waals surface area contributed by atoms with Crippen molar-refractivity contribution >= 4 is 17.2 Å². The van der Waals surface area contributed by atoms with E-state index in [2.05, 4.69) is 9.98 Å². The van der Waals surface area contributed by atoms with Crippen molar-refractivity contribution in [3.63, 3.8) is 0 Å². The van der Waals surface area contributed by atoms with Gasteiger partial charge in [-0.15, -0.1) is 0 Å². The van der Waals surface area contributed by atoms with Crippen molar-refractivity contribution in [2.75, 3.05) is 18.9 Å². The molecule has 146 valence electrons. The minimum Gasteiger partial charge on any atom is -0.394 e. The second-order valence-corrected chi connectivity index (χ2v) is 6.41. The van der Waals surface area contributed by atoms with E-state index in [0.29, 0.717) is 22.7 Å². The lowest BCUT2D eigenvalue weighted by Crippen LogP contribution is -2.10. The fourth-order valence-corrected chi connectivity index (χ4v) is 3.27. The van der Waals surface area contributed by atoms with Crippen LogP contribution in [0.4, 0.5) is 14.6 Å². The largest absolute Gasteiger partial charge is 0.394 e. The number of fused-ring (bicyclic) bond motifs is 1. The number of halogens is 2. The summed E-state index contributed by atoms with van der Waals surface area (Å²) in [5, 5.41) is 9.19. The first kappa shape index (κ1) is 18.8. The summed E-state index contributed by atoms with van der Waals surface area (Å²) in [5.41, 5.74) is 9.14. The normalized spacial score (nSPS) is 11.9. The molecule has 0 spiro atoms. The van der Waals surface area contributed by atoms with E-state index in [1.807, 2.05) is 30.3 Å². The number of nitrogens with two attached hydrogens (primary N) is 1. The molecule has 0 aliphatic heterocycles. The third-order valence-corrected chi connectivity index (χ3v) is 4.54. The predicted octanol–water partition coefficient (Wildman–Crippen LogP) is 3.69. The summed E-state index contributed by atoms with van der Waals surface area (Å²) in [7, 11) is 0. The summed E-state index contributed by atoms with van der Waals surface area (Å²) in [4.78, 5) is 8.68. The molecule has 4 rings (SSSR count). The molecule has 2 aromatic carbocycles. The Hall–Kier alpha value is -3.58. The molecular formula is C22H18F2N4O. The van der Waals surface area contributed by atoms with E-state index < -0.39 is 11.6 Å². The Morgan fingerprint density at radius 3 is 2.59 bits per heavy atom. The lowest BCUT2D eigenvalue weighted by molar-refractivity contribution is 0.307. The topological polar surface area (TPSA) is 75.9 Å². The SMILES string of the molecule is Nc1nc2ccc(C(=NCCO)c3cccc(F)c3F)cn2c1-c1ccccc1. The van der Waals surface area contributed by atoms with Gasteiger partial charge in [-0.25, -0.2) is 13.8 Å². The summed E-state index contributed by atoms with van der Waals surface area (Å²) in [6.07, 6.45) is 1.74. The van der Waals surface area contributed by atoms with Crippen LogP contribution in [0.3, 0.4) is 0 Å². The molecule has 5 nitrogen and oxygen atoms in total. The van der Waals surface area contributed by atoms with Crippen molar-refractivity contribution in [1.82, 2.24) is 9.38 Å². The number of rotatable bonds is 5. The van der Waals surface area contributed by atoms with Crippen LogP contribution in [0.15, 0.2) is 71.9 Å². The van der Waals surface area contributed by atoms with Crippen molar-refractivity contribution in [3.05, 3.63) is 89.6 Å². The van der Waals surface area contributed by atoms with Gasteiger partial charge in [-0.1, -0.05) is 36.4 Å². The second kappa shape index (κ2) is 7.81. The van der Waals surface area contributed by atoms with Gasteiger partial charge < -0.3 is 10.8 Å². The van der Waals surface area contributed by atoms with E-state index in [9.17, 15) is 13.9 Å². The van der Waals surface area contributed by atoms with Crippen molar-refractivity contribution in [3.8, 4) is 11.3 Å². The van der Waals surface area contributed by atoms with E-state index >= 15 is 0 Å². The number of nitrogen functional groups attached to an aromatic ring is 1. The molecule has 2 heterocycles. The van der Waals surface area contributed by atoms with E-state index in [4.69, 9.17) is 5.73 Å². The van der Waals surface area contributed by atoms with Crippen molar-refractivity contribution in [2.45, 2.75) is 0 Å². The predicted molar refractivity (Wildman–Crippen MR) is 109 cm³/mol. The van der Waals surface area contributed by atoms with Gasteiger partial charge in [0.15, 0.2) is 17.5 Å². The Labute approximate surface area is 165 Å². The van der Waals surface area contributed by atoms with Crippen LogP contribution in [-0.2, 0) is 0 Å². The highest BCUT2D eigenvalue weighted by Crippen LogP contribution is 2.28. The zero-order valence-corrected chi connectivity index (χ0v) is 15.4. The van der Waals surface area contributed by atoms with Crippen LogP contribution < -0.4 is 5.73 Å². The molecule has 0 aliphatic carbocycles. The molecule has 7 heteroatoms. The van der Waals surface area contributed by atoms with Gasteiger partial charge in [0.25, 0.3) is 0 Å². The van der Waals surface area contributed by atoms with Crippen LogP contribution in [0.5, 0.6) is 0 Å². The fourth-order valence-electron chi connectivity index (χ4n) is 3.27. The van der Waals surface area contributed by atoms with Gasteiger partial charge >= 0.3 is 0 Å². The third-order valence-electron chi connectivity index (χ3n) is 4.54. The maximum atomic E-state index is 14.5. The number of benzene rings is 2. The highest BCUT2D eigenvalue weighted by Gasteiger charge is 2.18. The van der Waals surface area contributed by atoms with Crippen molar-refractivity contribution in [2.24, 2.45) is 4.99 Å². The molecule has 2 aromatic heterocycles. The number of aromatic nitrogens is 2. The van der Waals surface area contributed by atoms with E-state index in [1.54, 1.807) is 22.7 Å². The smallest absolute Gasteiger partial charge is 0.168 e. The number of hydrogen-bond acceptors (Lipinski definition) is 4. The van der Waals surface area contributed by atoms with Crippen LogP contribution in [-0.4, -0.2) is 33.4 Å². The van der Waals surface area contributed by atoms with Gasteiger partial charge in [-0.05, 0) is 24.3 Å². The molecule has 0 fully saturated rings. The van der Waals surface area contributed by atoms with Gasteiger partial charge in [-0.3, -0.25) is 9.39 Å². The molecule has 0 saturated heterocycles. The number of anilines is 1. The van der Waals surface area contributed by atoms with E-state index in [0.717, 1.165) is 11.6 Å². The molecule has 29 heavy (non-hydrogen) atoms. The van der Waals surface area contributed by atoms with Gasteiger partial charge in [0.1, 0.15) is 5.65 Å². The maximum absolute atomic E-state index is 14.5. The lowest BCUT2D eigenvalue weighted by Gasteiger charge is -2.11. The summed E-state index contributed by atoms with van der Waals surface area (Å²) in [5.74, 6) is -1.59. The van der Waals surface area contributed by atoms with Crippen LogP contribution in [0.1, 0.15) is 11.1 Å².